The van der Waals surface area contributed by atoms with Crippen LogP contribution in [0.25, 0.3) is 32.2 Å². The van der Waals surface area contributed by atoms with Crippen LogP contribution in [-0.2, 0) is 40.9 Å². The number of nitrogens with zero attached hydrogens (tertiary/aromatic N) is 7. The van der Waals surface area contributed by atoms with Crippen molar-refractivity contribution in [2.75, 3.05) is 28.6 Å². The molecule has 4 saturated carbocycles. The second-order valence-electron chi connectivity index (χ2n) is 23.1. The highest BCUT2D eigenvalue weighted by Crippen LogP contribution is 2.60. The van der Waals surface area contributed by atoms with Gasteiger partial charge < -0.3 is 15.5 Å². The molecule has 13 rings (SSSR count). The number of carbonyl (C=O) groups excluding carboxylic acids is 5. The number of rotatable bonds is 19. The molecule has 1 unspecified atom stereocenters. The molecule has 1 saturated heterocycles. The van der Waals surface area contributed by atoms with E-state index in [1.165, 1.54) is 49.9 Å². The monoisotopic (exact) mass is 1070 g/mol. The van der Waals surface area contributed by atoms with E-state index in [1.807, 2.05) is 80.0 Å². The Kier molecular flexibility index (Phi) is 14.4. The van der Waals surface area contributed by atoms with Crippen LogP contribution in [0.4, 0.5) is 16.6 Å². The van der Waals surface area contributed by atoms with Gasteiger partial charge in [0.15, 0.2) is 5.13 Å². The summed E-state index contributed by atoms with van der Waals surface area (Å²) in [6.07, 6.45) is 18.6. The molecule has 17 heteroatoms. The smallest absolute Gasteiger partial charge is 0.270 e. The van der Waals surface area contributed by atoms with E-state index in [9.17, 15) is 24.0 Å². The lowest BCUT2D eigenvalue weighted by molar-refractivity contribution is -0.134. The van der Waals surface area contributed by atoms with Crippen LogP contribution in [-0.4, -0.2) is 72.2 Å². The Morgan fingerprint density at radius 1 is 0.808 bits per heavy atom. The van der Waals surface area contributed by atoms with Gasteiger partial charge in [-0.2, -0.15) is 10.2 Å². The molecule has 16 nitrogen and oxygen atoms in total. The first kappa shape index (κ1) is 51.5. The molecule has 0 spiro atoms. The van der Waals surface area contributed by atoms with Crippen LogP contribution < -0.4 is 26.2 Å². The zero-order valence-electron chi connectivity index (χ0n) is 44.7. The first-order valence-corrected chi connectivity index (χ1v) is 29.2. The molecule has 4 aromatic heterocycles. The van der Waals surface area contributed by atoms with Gasteiger partial charge in [-0.25, -0.2) is 9.97 Å². The number of hydrogen-bond acceptors (Lipinski definition) is 11. The fourth-order valence-electron chi connectivity index (χ4n) is 14.1. The molecule has 6 aliphatic rings. The lowest BCUT2D eigenvalue weighted by Crippen LogP contribution is -2.48. The Bertz CT molecular complexity index is 3400. The fourth-order valence-corrected chi connectivity index (χ4v) is 15.0. The van der Waals surface area contributed by atoms with Crippen molar-refractivity contribution >= 4 is 78.6 Å². The van der Waals surface area contributed by atoms with E-state index in [2.05, 4.69) is 53.9 Å². The van der Waals surface area contributed by atoms with E-state index >= 15 is 0 Å². The van der Waals surface area contributed by atoms with Gasteiger partial charge in [0.1, 0.15) is 11.5 Å². The van der Waals surface area contributed by atoms with Crippen molar-refractivity contribution in [3.05, 3.63) is 113 Å². The molecule has 4 aliphatic carbocycles. The number of imide groups is 1. The van der Waals surface area contributed by atoms with E-state index in [0.29, 0.717) is 71.5 Å². The van der Waals surface area contributed by atoms with E-state index in [0.717, 1.165) is 125 Å². The zero-order valence-corrected chi connectivity index (χ0v) is 45.6. The lowest BCUT2D eigenvalue weighted by atomic mass is 9.49. The van der Waals surface area contributed by atoms with Gasteiger partial charge in [0.05, 0.1) is 33.5 Å². The van der Waals surface area contributed by atoms with Crippen molar-refractivity contribution in [3.63, 3.8) is 0 Å². The number of para-hydroxylation sites is 1. The largest absolute Gasteiger partial charge is 0.352 e. The first-order valence-electron chi connectivity index (χ1n) is 28.4. The molecule has 78 heavy (non-hydrogen) atoms. The third-order valence-electron chi connectivity index (χ3n) is 17.6. The minimum absolute atomic E-state index is 0.0424. The van der Waals surface area contributed by atoms with E-state index < -0.39 is 5.92 Å². The van der Waals surface area contributed by atoms with Crippen molar-refractivity contribution in [2.24, 2.45) is 30.2 Å². The highest BCUT2D eigenvalue weighted by Gasteiger charge is 2.51. The standard InChI is InChI=1S/C61H69N11O5S/c1-37-47(34-63-72(37)36-61-31-38-27-39(32-61)29-40(28-38)33-61)43-20-22-52(71-26-24-41-13-12-14-44(48(41)35-71)57(75)68-60-65-49-15-9-10-16-51(49)78-60)66-56(43)59(77)62-25-11-7-5-3-4-6-8-17-53(73)64-42-18-19-45-50(30-42)70(2)69-55(45)46-21-23-54(74)67-58(46)76/h9-10,12-16,18-20,22,30,34,38-40,46H,3-8,11,17,21,23-29,31-33,35-36H2,1-2H3,(H,62,77)(H,64,73)(H,65,68,75)(H,67,74,76). The molecule has 404 valence electrons. The van der Waals surface area contributed by atoms with Crippen LogP contribution in [0.3, 0.4) is 0 Å². The molecule has 5 fully saturated rings. The number of aromatic nitrogens is 6. The van der Waals surface area contributed by atoms with Gasteiger partial charge in [0, 0.05) is 79.5 Å². The van der Waals surface area contributed by atoms with Crippen LogP contribution in [0.5, 0.6) is 0 Å². The maximum atomic E-state index is 14.5. The van der Waals surface area contributed by atoms with Gasteiger partial charge >= 0.3 is 0 Å². The van der Waals surface area contributed by atoms with Crippen LogP contribution in [0.15, 0.2) is 79.0 Å². The summed E-state index contributed by atoms with van der Waals surface area (Å²) in [5.41, 5.74) is 9.16. The zero-order chi connectivity index (χ0) is 53.5. The molecule has 5 amide bonds. The van der Waals surface area contributed by atoms with Crippen molar-refractivity contribution in [1.82, 2.24) is 40.2 Å². The van der Waals surface area contributed by atoms with E-state index in [-0.39, 0.29) is 36.0 Å². The first-order chi connectivity index (χ1) is 37.9. The number of fused-ring (bicyclic) bond motifs is 3. The normalized spacial score (nSPS) is 21.5. The highest BCUT2D eigenvalue weighted by atomic mass is 32.1. The van der Waals surface area contributed by atoms with Crippen LogP contribution in [0.1, 0.15) is 152 Å². The van der Waals surface area contributed by atoms with Crippen molar-refractivity contribution in [3.8, 4) is 11.1 Å². The van der Waals surface area contributed by atoms with E-state index in [1.54, 1.807) is 4.68 Å². The lowest BCUT2D eigenvalue weighted by Gasteiger charge is -2.56. The third kappa shape index (κ3) is 10.7. The number of hydrogen-bond donors (Lipinski definition) is 4. The van der Waals surface area contributed by atoms with Crippen molar-refractivity contribution < 1.29 is 24.0 Å². The molecule has 4 N–H and O–H groups in total. The van der Waals surface area contributed by atoms with Crippen LogP contribution in [0, 0.1) is 30.1 Å². The Labute approximate surface area is 458 Å². The molecule has 7 aromatic rings. The number of carbonyl (C=O) groups is 5. The predicted molar refractivity (Wildman–Crippen MR) is 303 cm³/mol. The Balaban J connectivity index is 0.659. The van der Waals surface area contributed by atoms with Crippen molar-refractivity contribution in [2.45, 2.75) is 135 Å². The van der Waals surface area contributed by atoms with Gasteiger partial charge in [-0.05, 0) is 154 Å². The number of thiazole rings is 1. The number of piperidine rings is 1. The molecule has 2 aliphatic heterocycles. The summed E-state index contributed by atoms with van der Waals surface area (Å²) in [6.45, 7) is 4.77. The fraction of sp³-hybridized carbons (Fsp3) is 0.459. The summed E-state index contributed by atoms with van der Waals surface area (Å²) in [5.74, 6) is 1.75. The number of benzene rings is 3. The topological polar surface area (TPSA) is 198 Å². The number of pyridine rings is 1. The quantitative estimate of drug-likeness (QED) is 0.0446. The second kappa shape index (κ2) is 21.9. The van der Waals surface area contributed by atoms with Gasteiger partial charge in [-0.1, -0.05) is 67.7 Å². The maximum absolute atomic E-state index is 14.5. The summed E-state index contributed by atoms with van der Waals surface area (Å²) in [6, 6.07) is 23.5. The average molecular weight is 1070 g/mol. The van der Waals surface area contributed by atoms with Gasteiger partial charge in [-0.15, -0.1) is 0 Å². The number of amides is 5. The van der Waals surface area contributed by atoms with Gasteiger partial charge in [0.25, 0.3) is 11.8 Å². The molecule has 1 atom stereocenters. The third-order valence-corrected chi connectivity index (χ3v) is 18.5. The van der Waals surface area contributed by atoms with Crippen LogP contribution in [0.2, 0.25) is 0 Å². The average Bonchev–Trinajstić information content (AvgIpc) is 4.19. The molecule has 4 bridgehead atoms. The molecule has 3 aromatic carbocycles. The second-order valence-corrected chi connectivity index (χ2v) is 24.1. The highest BCUT2D eigenvalue weighted by molar-refractivity contribution is 7.22. The Hall–Kier alpha value is -7.27. The summed E-state index contributed by atoms with van der Waals surface area (Å²) >= 11 is 1.46. The van der Waals surface area contributed by atoms with Crippen LogP contribution >= 0.6 is 11.3 Å². The molecule has 0 radical (unpaired) electrons. The van der Waals surface area contributed by atoms with Gasteiger partial charge in [0.2, 0.25) is 17.7 Å². The van der Waals surface area contributed by atoms with Gasteiger partial charge in [-0.3, -0.25) is 44.0 Å². The SMILES string of the molecule is Cc1c(-c2ccc(N3CCc4cccc(C(=O)Nc5nc6ccccc6s5)c4C3)nc2C(=O)NCCCCCCCCCC(=O)Nc2ccc3c(C4CCC(=O)NC4=O)nn(C)c3c2)cnn1CC12CC3CC(CC(C3)C1)C2. The number of aryl methyl sites for hydroxylation is 1. The number of anilines is 3. The minimum atomic E-state index is -0.483. The summed E-state index contributed by atoms with van der Waals surface area (Å²) in [5, 5.41) is 22.8. The summed E-state index contributed by atoms with van der Waals surface area (Å²) in [7, 11) is 1.81. The van der Waals surface area contributed by atoms with Crippen molar-refractivity contribution in [1.29, 1.82) is 0 Å². The summed E-state index contributed by atoms with van der Waals surface area (Å²) < 4.78 is 4.94. The van der Waals surface area contributed by atoms with E-state index in [4.69, 9.17) is 10.1 Å². The Morgan fingerprint density at radius 2 is 1.58 bits per heavy atom. The minimum Gasteiger partial charge on any atom is -0.352 e. The predicted octanol–water partition coefficient (Wildman–Crippen LogP) is 10.8. The summed E-state index contributed by atoms with van der Waals surface area (Å²) in [4.78, 5) is 77.6. The molecular formula is C61H69N11O5S. The maximum Gasteiger partial charge on any atom is 0.270 e. The molecular weight excluding hydrogens is 999 g/mol. The Morgan fingerprint density at radius 3 is 2.36 bits per heavy atom. The molecule has 6 heterocycles. The number of unbranched alkanes of at least 4 members (excludes halogenated alkanes) is 6. The number of nitrogens with one attached hydrogen (secondary N) is 4.